The Labute approximate surface area is 396 Å². The number of ether oxygens (including phenoxy) is 2. The molecule has 0 bridgehead atoms. The van der Waals surface area contributed by atoms with Crippen molar-refractivity contribution < 1.29 is 45.6 Å². The van der Waals surface area contributed by atoms with Gasteiger partial charge in [0, 0.05) is 0 Å². The monoisotopic (exact) mass is 906 g/mol. The van der Waals surface area contributed by atoms with E-state index in [4.69, 9.17) is 9.47 Å². The van der Waals surface area contributed by atoms with Gasteiger partial charge in [0.1, 0.15) is 43.8 Å². The molecule has 0 saturated carbocycles. The van der Waals surface area contributed by atoms with Crippen LogP contribution in [0.4, 0.5) is 0 Å². The number of rotatable bonds is 28. The molecule has 2 N–H and O–H groups in total. The summed E-state index contributed by atoms with van der Waals surface area (Å²) in [5.74, 6) is 0.980. The minimum absolute atomic E-state index is 0. The van der Waals surface area contributed by atoms with Gasteiger partial charge in [-0.3, -0.25) is 4.55 Å². The van der Waals surface area contributed by atoms with Gasteiger partial charge in [0.05, 0.1) is 4.90 Å². The van der Waals surface area contributed by atoms with E-state index in [0.717, 1.165) is 49.7 Å². The SMILES string of the molecule is CCCCCCCCCCCCc1cc(O)ccc1Oc1ccccc1S(=O)(=O)O.CCCCCCCCCCCCc1cc([O-])ccc1Oc1ccccc1S(=O)(=O)[O-].[Ca+2]. The molecule has 0 aliphatic rings. The summed E-state index contributed by atoms with van der Waals surface area (Å²) in [4.78, 5) is -0.677. The number of benzene rings is 4. The van der Waals surface area contributed by atoms with E-state index in [1.165, 1.54) is 151 Å². The molecule has 4 aromatic carbocycles. The normalized spacial score (nSPS) is 11.3. The fourth-order valence-electron chi connectivity index (χ4n) is 7.04. The van der Waals surface area contributed by atoms with E-state index >= 15 is 0 Å². The molecule has 0 fully saturated rings. The van der Waals surface area contributed by atoms with Crippen LogP contribution in [0.15, 0.2) is 94.7 Å². The Morgan fingerprint density at radius 3 is 1.31 bits per heavy atom. The van der Waals surface area contributed by atoms with E-state index in [0.29, 0.717) is 17.9 Å². The van der Waals surface area contributed by atoms with E-state index in [9.17, 15) is 36.2 Å². The summed E-state index contributed by atoms with van der Waals surface area (Å²) in [5, 5.41) is 21.7. The Bertz CT molecular complexity index is 1910. The first-order valence-corrected chi connectivity index (χ1v) is 24.8. The number of aromatic hydroxyl groups is 1. The van der Waals surface area contributed by atoms with Crippen LogP contribution in [0.25, 0.3) is 0 Å². The Hall–Kier alpha value is -2.84. The van der Waals surface area contributed by atoms with Gasteiger partial charge in [-0.15, -0.1) is 5.75 Å². The van der Waals surface area contributed by atoms with Crippen molar-refractivity contribution >= 4 is 58.0 Å². The number of hydrogen-bond acceptors (Lipinski definition) is 9. The Morgan fingerprint density at radius 2 is 0.869 bits per heavy atom. The molecule has 0 saturated heterocycles. The van der Waals surface area contributed by atoms with Crippen molar-refractivity contribution in [2.24, 2.45) is 0 Å². The third-order valence-electron chi connectivity index (χ3n) is 10.4. The van der Waals surface area contributed by atoms with Gasteiger partial charge >= 0.3 is 37.7 Å². The van der Waals surface area contributed by atoms with Crippen LogP contribution in [0, 0.1) is 0 Å². The third-order valence-corrected chi connectivity index (χ3v) is 12.1. The van der Waals surface area contributed by atoms with Gasteiger partial charge in [-0.2, -0.15) is 8.42 Å². The molecule has 13 heteroatoms. The van der Waals surface area contributed by atoms with E-state index in [1.807, 2.05) is 0 Å². The summed E-state index contributed by atoms with van der Waals surface area (Å²) < 4.78 is 78.6. The number of hydrogen-bond donors (Lipinski definition) is 2. The van der Waals surface area contributed by atoms with E-state index in [-0.39, 0.29) is 65.6 Å². The summed E-state index contributed by atoms with van der Waals surface area (Å²) in [6, 6.07) is 21.0. The molecule has 0 aliphatic carbocycles. The summed E-state index contributed by atoms with van der Waals surface area (Å²) in [5.41, 5.74) is 1.56. The summed E-state index contributed by atoms with van der Waals surface area (Å²) in [6.45, 7) is 4.46. The first-order valence-electron chi connectivity index (χ1n) is 21.9. The number of para-hydroxylation sites is 2. The first-order chi connectivity index (χ1) is 28.8. The van der Waals surface area contributed by atoms with Gasteiger partial charge in [0.25, 0.3) is 10.1 Å². The summed E-state index contributed by atoms with van der Waals surface area (Å²) in [6.07, 6.45) is 26.0. The topological polar surface area (TPSA) is 173 Å². The van der Waals surface area contributed by atoms with Gasteiger partial charge in [0.15, 0.2) is 0 Å². The van der Waals surface area contributed by atoms with Crippen LogP contribution in [-0.2, 0) is 33.1 Å². The predicted octanol–water partition coefficient (Wildman–Crippen LogP) is 12.4. The van der Waals surface area contributed by atoms with Crippen molar-refractivity contribution in [3.8, 4) is 34.5 Å². The van der Waals surface area contributed by atoms with E-state index in [2.05, 4.69) is 13.8 Å². The van der Waals surface area contributed by atoms with Crippen LogP contribution in [0.2, 0.25) is 0 Å². The van der Waals surface area contributed by atoms with Crippen LogP contribution in [0.1, 0.15) is 153 Å². The first kappa shape index (κ1) is 54.3. The van der Waals surface area contributed by atoms with Crippen molar-refractivity contribution in [1.29, 1.82) is 0 Å². The number of aryl methyl sites for hydroxylation is 2. The fraction of sp³-hybridized carbons (Fsp3) is 0.500. The minimum atomic E-state index is -4.65. The van der Waals surface area contributed by atoms with E-state index in [1.54, 1.807) is 30.3 Å². The Kier molecular flexibility index (Phi) is 27.0. The minimum Gasteiger partial charge on any atom is -0.872 e. The van der Waals surface area contributed by atoms with Crippen LogP contribution in [0.3, 0.4) is 0 Å². The quantitative estimate of drug-likeness (QED) is 0.0317. The molecule has 0 atom stereocenters. The molecule has 0 heterocycles. The van der Waals surface area contributed by atoms with Gasteiger partial charge < -0.3 is 24.2 Å². The van der Waals surface area contributed by atoms with Gasteiger partial charge in [-0.05, 0) is 85.3 Å². The number of phenolic OH excluding ortho intramolecular Hbond substituents is 1. The van der Waals surface area contributed by atoms with Crippen molar-refractivity contribution in [3.05, 3.63) is 96.1 Å². The molecule has 10 nitrogen and oxygen atoms in total. The van der Waals surface area contributed by atoms with Gasteiger partial charge in [0.2, 0.25) is 0 Å². The van der Waals surface area contributed by atoms with Crippen LogP contribution < -0.4 is 14.6 Å². The van der Waals surface area contributed by atoms with Crippen molar-refractivity contribution in [2.45, 2.75) is 165 Å². The Morgan fingerprint density at radius 1 is 0.492 bits per heavy atom. The average Bonchev–Trinajstić information content (AvgIpc) is 3.21. The molecule has 0 unspecified atom stereocenters. The fourth-order valence-corrected chi connectivity index (χ4v) is 8.26. The molecule has 4 aromatic rings. The van der Waals surface area contributed by atoms with Crippen LogP contribution >= 0.6 is 0 Å². The number of unbranched alkanes of at least 4 members (excludes halogenated alkanes) is 18. The molecule has 4 rings (SSSR count). The average molecular weight is 907 g/mol. The molecule has 0 aromatic heterocycles. The second kappa shape index (κ2) is 30.3. The van der Waals surface area contributed by atoms with Crippen LogP contribution in [0.5, 0.6) is 34.5 Å². The standard InChI is InChI=1S/2C24H34O5S.Ca/c2*1-2-3-4-5-6-7-8-9-10-11-14-20-19-21(25)17-18-22(20)29-23-15-12-13-16-24(23)30(26,27)28;/h2*12-13,15-19,25H,2-11,14H2,1H3,(H,26,27,28);/q;;+2/p-2. The molecular formula is C48H66CaO10S2. The maximum atomic E-state index is 11.8. The molecule has 0 amide bonds. The van der Waals surface area contributed by atoms with Crippen molar-refractivity contribution in [2.75, 3.05) is 0 Å². The number of phenols is 1. The smallest absolute Gasteiger partial charge is 0.872 e. The summed E-state index contributed by atoms with van der Waals surface area (Å²) in [7, 11) is -9.04. The van der Waals surface area contributed by atoms with Gasteiger partial charge in [-0.1, -0.05) is 166 Å². The predicted molar refractivity (Wildman–Crippen MR) is 242 cm³/mol. The zero-order valence-corrected chi connectivity index (χ0v) is 40.2. The maximum Gasteiger partial charge on any atom is 2.00 e. The zero-order chi connectivity index (χ0) is 43.6. The molecule has 0 spiro atoms. The second-order valence-electron chi connectivity index (χ2n) is 15.5. The van der Waals surface area contributed by atoms with Crippen molar-refractivity contribution in [3.63, 3.8) is 0 Å². The van der Waals surface area contributed by atoms with E-state index < -0.39 is 25.1 Å². The zero-order valence-electron chi connectivity index (χ0n) is 36.3. The largest absolute Gasteiger partial charge is 2.00 e. The second-order valence-corrected chi connectivity index (χ2v) is 18.2. The molecule has 0 aliphatic heterocycles. The Balaban J connectivity index is 0.000000413. The van der Waals surface area contributed by atoms with Gasteiger partial charge in [-0.25, -0.2) is 8.42 Å². The van der Waals surface area contributed by atoms with Crippen molar-refractivity contribution in [1.82, 2.24) is 0 Å². The summed E-state index contributed by atoms with van der Waals surface area (Å²) >= 11 is 0. The molecule has 0 radical (unpaired) electrons. The molecule has 332 valence electrons. The third kappa shape index (κ3) is 21.9. The maximum absolute atomic E-state index is 11.8. The molecule has 61 heavy (non-hydrogen) atoms. The molecular weight excluding hydrogens is 841 g/mol. The van der Waals surface area contributed by atoms with Crippen LogP contribution in [-0.4, -0.2) is 68.8 Å².